The van der Waals surface area contributed by atoms with Crippen molar-refractivity contribution in [3.8, 4) is 0 Å². The Morgan fingerprint density at radius 3 is 2.70 bits per heavy atom. The van der Waals surface area contributed by atoms with Crippen LogP contribution in [0.25, 0.3) is 0 Å². The molecule has 4 heteroatoms. The van der Waals surface area contributed by atoms with Crippen molar-refractivity contribution in [2.45, 2.75) is 39.3 Å². The van der Waals surface area contributed by atoms with Crippen molar-refractivity contribution in [1.82, 2.24) is 4.90 Å². The number of nitrogens with zero attached hydrogens (tertiary/aromatic N) is 1. The van der Waals surface area contributed by atoms with Crippen LogP contribution in [0.2, 0.25) is 0 Å². The number of amides is 1. The molecule has 1 aromatic carbocycles. The molecule has 0 bridgehead atoms. The van der Waals surface area contributed by atoms with Gasteiger partial charge in [0.1, 0.15) is 0 Å². The summed E-state index contributed by atoms with van der Waals surface area (Å²) in [6.07, 6.45) is 1.84. The third-order valence-electron chi connectivity index (χ3n) is 4.01. The fraction of sp³-hybridized carbons (Fsp3) is 0.562. The van der Waals surface area contributed by atoms with Crippen LogP contribution in [0.15, 0.2) is 24.3 Å². The summed E-state index contributed by atoms with van der Waals surface area (Å²) in [7, 11) is 0. The first-order valence-electron chi connectivity index (χ1n) is 7.35. The first kappa shape index (κ1) is 15.0. The van der Waals surface area contributed by atoms with Gasteiger partial charge in [-0.25, -0.2) is 0 Å². The van der Waals surface area contributed by atoms with E-state index in [1.807, 2.05) is 24.3 Å². The van der Waals surface area contributed by atoms with Gasteiger partial charge in [-0.05, 0) is 57.5 Å². The van der Waals surface area contributed by atoms with Crippen LogP contribution in [-0.2, 0) is 11.4 Å². The number of anilines is 1. The summed E-state index contributed by atoms with van der Waals surface area (Å²) in [5, 5.41) is 12.1. The molecule has 0 radical (unpaired) electrons. The SMILES string of the molecule is CC(C)N1CCC(C(=O)Nc2cccc(CO)c2)CC1. The Kier molecular flexibility index (Phi) is 5.15. The van der Waals surface area contributed by atoms with Crippen molar-refractivity contribution in [2.75, 3.05) is 18.4 Å². The molecular formula is C16H24N2O2. The summed E-state index contributed by atoms with van der Waals surface area (Å²) < 4.78 is 0. The number of carbonyl (C=O) groups is 1. The maximum absolute atomic E-state index is 12.3. The van der Waals surface area contributed by atoms with Crippen LogP contribution in [-0.4, -0.2) is 35.0 Å². The van der Waals surface area contributed by atoms with Gasteiger partial charge in [0.2, 0.25) is 5.91 Å². The number of carbonyl (C=O) groups excluding carboxylic acids is 1. The Hall–Kier alpha value is -1.39. The molecule has 0 aromatic heterocycles. The van der Waals surface area contributed by atoms with Gasteiger partial charge in [-0.3, -0.25) is 4.79 Å². The molecule has 0 unspecified atom stereocenters. The molecule has 20 heavy (non-hydrogen) atoms. The Morgan fingerprint density at radius 2 is 2.10 bits per heavy atom. The third kappa shape index (κ3) is 3.81. The summed E-state index contributed by atoms with van der Waals surface area (Å²) >= 11 is 0. The average molecular weight is 276 g/mol. The van der Waals surface area contributed by atoms with E-state index < -0.39 is 0 Å². The summed E-state index contributed by atoms with van der Waals surface area (Å²) in [4.78, 5) is 14.7. The molecular weight excluding hydrogens is 252 g/mol. The lowest BCUT2D eigenvalue weighted by atomic mass is 9.95. The highest BCUT2D eigenvalue weighted by atomic mass is 16.3. The highest BCUT2D eigenvalue weighted by molar-refractivity contribution is 5.92. The van der Waals surface area contributed by atoms with Gasteiger partial charge in [0.15, 0.2) is 0 Å². The number of rotatable bonds is 4. The van der Waals surface area contributed by atoms with E-state index in [2.05, 4.69) is 24.1 Å². The number of likely N-dealkylation sites (tertiary alicyclic amines) is 1. The van der Waals surface area contributed by atoms with Crippen molar-refractivity contribution in [2.24, 2.45) is 5.92 Å². The minimum Gasteiger partial charge on any atom is -0.392 e. The number of hydrogen-bond acceptors (Lipinski definition) is 3. The van der Waals surface area contributed by atoms with Gasteiger partial charge in [-0.15, -0.1) is 0 Å². The van der Waals surface area contributed by atoms with Crippen LogP contribution in [0.1, 0.15) is 32.3 Å². The molecule has 1 saturated heterocycles. The highest BCUT2D eigenvalue weighted by Gasteiger charge is 2.25. The van der Waals surface area contributed by atoms with E-state index >= 15 is 0 Å². The Balaban J connectivity index is 1.89. The van der Waals surface area contributed by atoms with Gasteiger partial charge < -0.3 is 15.3 Å². The van der Waals surface area contributed by atoms with E-state index in [1.165, 1.54) is 0 Å². The molecule has 1 aromatic rings. The molecule has 110 valence electrons. The molecule has 0 aliphatic carbocycles. The van der Waals surface area contributed by atoms with Crippen molar-refractivity contribution in [3.05, 3.63) is 29.8 Å². The smallest absolute Gasteiger partial charge is 0.227 e. The van der Waals surface area contributed by atoms with E-state index in [0.717, 1.165) is 37.2 Å². The maximum atomic E-state index is 12.3. The number of benzene rings is 1. The lowest BCUT2D eigenvalue weighted by Crippen LogP contribution is -2.41. The molecule has 0 spiro atoms. The largest absolute Gasteiger partial charge is 0.392 e. The second-order valence-corrected chi connectivity index (χ2v) is 5.75. The molecule has 1 aliphatic rings. The molecule has 1 fully saturated rings. The van der Waals surface area contributed by atoms with Crippen LogP contribution in [0.4, 0.5) is 5.69 Å². The van der Waals surface area contributed by atoms with Crippen molar-refractivity contribution in [3.63, 3.8) is 0 Å². The van der Waals surface area contributed by atoms with Crippen molar-refractivity contribution >= 4 is 11.6 Å². The maximum Gasteiger partial charge on any atom is 0.227 e. The van der Waals surface area contributed by atoms with Crippen LogP contribution in [0.5, 0.6) is 0 Å². The van der Waals surface area contributed by atoms with Gasteiger partial charge in [0.25, 0.3) is 0 Å². The van der Waals surface area contributed by atoms with E-state index in [-0.39, 0.29) is 18.4 Å². The molecule has 2 N–H and O–H groups in total. The van der Waals surface area contributed by atoms with Crippen LogP contribution in [0.3, 0.4) is 0 Å². The lowest BCUT2D eigenvalue weighted by molar-refractivity contribution is -0.121. The molecule has 1 heterocycles. The second kappa shape index (κ2) is 6.86. The minimum atomic E-state index is -0.00348. The van der Waals surface area contributed by atoms with E-state index in [1.54, 1.807) is 0 Å². The monoisotopic (exact) mass is 276 g/mol. The number of nitrogens with one attached hydrogen (secondary N) is 1. The lowest BCUT2D eigenvalue weighted by Gasteiger charge is -2.33. The van der Waals surface area contributed by atoms with Crippen LogP contribution in [0, 0.1) is 5.92 Å². The summed E-state index contributed by atoms with van der Waals surface area (Å²) in [6, 6.07) is 7.93. The quantitative estimate of drug-likeness (QED) is 0.886. The summed E-state index contributed by atoms with van der Waals surface area (Å²) in [6.45, 7) is 6.37. The van der Waals surface area contributed by atoms with Crippen molar-refractivity contribution in [1.29, 1.82) is 0 Å². The molecule has 4 nitrogen and oxygen atoms in total. The van der Waals surface area contributed by atoms with Crippen LogP contribution >= 0.6 is 0 Å². The predicted molar refractivity (Wildman–Crippen MR) is 80.4 cm³/mol. The van der Waals surface area contributed by atoms with E-state index in [4.69, 9.17) is 5.11 Å². The summed E-state index contributed by atoms with van der Waals surface area (Å²) in [5.41, 5.74) is 1.59. The minimum absolute atomic E-state index is 0.00348. The molecule has 0 saturated carbocycles. The van der Waals surface area contributed by atoms with E-state index in [0.29, 0.717) is 6.04 Å². The topological polar surface area (TPSA) is 52.6 Å². The summed E-state index contributed by atoms with van der Waals surface area (Å²) in [5.74, 6) is 0.200. The highest BCUT2D eigenvalue weighted by Crippen LogP contribution is 2.21. The molecule has 2 rings (SSSR count). The first-order chi connectivity index (χ1) is 9.60. The number of aliphatic hydroxyl groups is 1. The number of hydrogen-bond donors (Lipinski definition) is 2. The van der Waals surface area contributed by atoms with Gasteiger partial charge >= 0.3 is 0 Å². The predicted octanol–water partition coefficient (Wildman–Crippen LogP) is 2.24. The Morgan fingerprint density at radius 1 is 1.40 bits per heavy atom. The van der Waals surface area contributed by atoms with Gasteiger partial charge in [-0.1, -0.05) is 12.1 Å². The number of piperidine rings is 1. The second-order valence-electron chi connectivity index (χ2n) is 5.75. The normalized spacial score (nSPS) is 17.4. The van der Waals surface area contributed by atoms with Crippen LogP contribution < -0.4 is 5.32 Å². The average Bonchev–Trinajstić information content (AvgIpc) is 2.47. The van der Waals surface area contributed by atoms with Gasteiger partial charge in [0, 0.05) is 17.6 Å². The number of aliphatic hydroxyl groups excluding tert-OH is 1. The fourth-order valence-electron chi connectivity index (χ4n) is 2.67. The van der Waals surface area contributed by atoms with Crippen molar-refractivity contribution < 1.29 is 9.90 Å². The fourth-order valence-corrected chi connectivity index (χ4v) is 2.67. The zero-order valence-corrected chi connectivity index (χ0v) is 12.3. The van der Waals surface area contributed by atoms with Gasteiger partial charge in [-0.2, -0.15) is 0 Å². The van der Waals surface area contributed by atoms with Gasteiger partial charge in [0.05, 0.1) is 6.61 Å². The third-order valence-corrected chi connectivity index (χ3v) is 4.01. The Labute approximate surface area is 120 Å². The molecule has 1 amide bonds. The first-order valence-corrected chi connectivity index (χ1v) is 7.35. The standard InChI is InChI=1S/C16H24N2O2/c1-12(2)18-8-6-14(7-9-18)16(20)17-15-5-3-4-13(10-15)11-19/h3-5,10,12,14,19H,6-9,11H2,1-2H3,(H,17,20). The zero-order valence-electron chi connectivity index (χ0n) is 12.3. The Bertz CT molecular complexity index is 452. The van der Waals surface area contributed by atoms with E-state index in [9.17, 15) is 4.79 Å². The zero-order chi connectivity index (χ0) is 14.5. The molecule has 0 atom stereocenters. The molecule has 1 aliphatic heterocycles.